The smallest absolute Gasteiger partial charge is 0.328 e. The van der Waals surface area contributed by atoms with E-state index in [1.165, 1.54) is 4.90 Å². The number of H-pyrrole nitrogens is 1. The molecule has 1 saturated heterocycles. The number of aromatic nitrogens is 1. The Bertz CT molecular complexity index is 1120. The topological polar surface area (TPSA) is 56.4 Å². The van der Waals surface area contributed by atoms with E-state index >= 15 is 0 Å². The Morgan fingerprint density at radius 2 is 1.79 bits per heavy atom. The third-order valence-electron chi connectivity index (χ3n) is 5.72. The fraction of sp³-hybridized carbons (Fsp3) is 0.238. The minimum Gasteiger partial charge on any atom is -0.356 e. The molecule has 0 saturated carbocycles. The van der Waals surface area contributed by atoms with Gasteiger partial charge in [0.1, 0.15) is 12.1 Å². The maximum absolute atomic E-state index is 13.1. The Kier molecular flexibility index (Phi) is 3.93. The van der Waals surface area contributed by atoms with Crippen LogP contribution < -0.4 is 0 Å². The van der Waals surface area contributed by atoms with E-state index in [4.69, 9.17) is 23.2 Å². The molecule has 142 valence electrons. The number of halogens is 2. The standard InChI is InChI=1S/C21H17Cl2N3O2/c1-2-25-20(27)16-10-12-11-6-3-4-9-15(11)24-18(12)19(26(16)21(25)28)17-13(22)7-5-8-14(17)23/h3-9,16,19,24H,2,10H2,1H3/t16-,19-/m1/s1. The number of hydrogen-bond acceptors (Lipinski definition) is 2. The molecule has 0 spiro atoms. The molecular weight excluding hydrogens is 397 g/mol. The van der Waals surface area contributed by atoms with E-state index in [9.17, 15) is 9.59 Å². The van der Waals surface area contributed by atoms with Gasteiger partial charge in [-0.1, -0.05) is 47.5 Å². The van der Waals surface area contributed by atoms with Gasteiger partial charge in [-0.25, -0.2) is 4.79 Å². The first-order valence-electron chi connectivity index (χ1n) is 9.20. The summed E-state index contributed by atoms with van der Waals surface area (Å²) in [6.07, 6.45) is 0.471. The van der Waals surface area contributed by atoms with Gasteiger partial charge in [-0.2, -0.15) is 0 Å². The number of hydrogen-bond donors (Lipinski definition) is 1. The third kappa shape index (κ3) is 2.26. The van der Waals surface area contributed by atoms with Gasteiger partial charge in [0.25, 0.3) is 5.91 Å². The number of imide groups is 1. The molecule has 5 nitrogen and oxygen atoms in total. The van der Waals surface area contributed by atoms with Crippen LogP contribution in [-0.2, 0) is 11.2 Å². The maximum atomic E-state index is 13.1. The monoisotopic (exact) mass is 413 g/mol. The van der Waals surface area contributed by atoms with Gasteiger partial charge in [0, 0.05) is 45.2 Å². The average Bonchev–Trinajstić information content (AvgIpc) is 3.16. The molecule has 0 radical (unpaired) electrons. The van der Waals surface area contributed by atoms with Crippen molar-refractivity contribution in [3.8, 4) is 0 Å². The van der Waals surface area contributed by atoms with Crippen LogP contribution in [0.15, 0.2) is 42.5 Å². The SMILES string of the molecule is CCN1C(=O)[C@H]2Cc3c([nH]c4ccccc34)[C@@H](c3c(Cl)cccc3Cl)N2C1=O. The first-order valence-corrected chi connectivity index (χ1v) is 9.95. The highest BCUT2D eigenvalue weighted by molar-refractivity contribution is 6.36. The molecule has 3 amide bonds. The summed E-state index contributed by atoms with van der Waals surface area (Å²) in [6, 6.07) is 11.8. The quantitative estimate of drug-likeness (QED) is 0.614. The van der Waals surface area contributed by atoms with Gasteiger partial charge < -0.3 is 4.98 Å². The van der Waals surface area contributed by atoms with Crippen LogP contribution in [0.2, 0.25) is 10.0 Å². The van der Waals surface area contributed by atoms with Crippen LogP contribution in [-0.4, -0.2) is 39.3 Å². The Morgan fingerprint density at radius 1 is 1.07 bits per heavy atom. The lowest BCUT2D eigenvalue weighted by Crippen LogP contribution is -2.44. The molecule has 28 heavy (non-hydrogen) atoms. The van der Waals surface area contributed by atoms with Crippen LogP contribution in [0.3, 0.4) is 0 Å². The Hall–Kier alpha value is -2.50. The summed E-state index contributed by atoms with van der Waals surface area (Å²) < 4.78 is 0. The first kappa shape index (κ1) is 17.6. The predicted octanol–water partition coefficient (Wildman–Crippen LogP) is 4.77. The van der Waals surface area contributed by atoms with Gasteiger partial charge >= 0.3 is 6.03 Å². The number of nitrogens with one attached hydrogen (secondary N) is 1. The highest BCUT2D eigenvalue weighted by Crippen LogP contribution is 2.47. The number of aromatic amines is 1. The lowest BCUT2D eigenvalue weighted by molar-refractivity contribution is -0.128. The van der Waals surface area contributed by atoms with Crippen LogP contribution in [0.1, 0.15) is 29.8 Å². The number of likely N-dealkylation sites (N-methyl/N-ethyl adjacent to an activating group) is 1. The molecular formula is C21H17Cl2N3O2. The van der Waals surface area contributed by atoms with Crippen molar-refractivity contribution >= 4 is 46.0 Å². The van der Waals surface area contributed by atoms with E-state index in [2.05, 4.69) is 4.98 Å². The normalized spacial score (nSPS) is 21.4. The van der Waals surface area contributed by atoms with Crippen LogP contribution in [0, 0.1) is 0 Å². The largest absolute Gasteiger partial charge is 0.356 e. The van der Waals surface area contributed by atoms with Crippen molar-refractivity contribution in [3.63, 3.8) is 0 Å². The molecule has 0 unspecified atom stereocenters. The van der Waals surface area contributed by atoms with E-state index in [-0.39, 0.29) is 11.9 Å². The Balaban J connectivity index is 1.81. The number of amides is 3. The summed E-state index contributed by atoms with van der Waals surface area (Å²) in [5, 5.41) is 2.00. The van der Waals surface area contributed by atoms with Crippen molar-refractivity contribution in [3.05, 3.63) is 69.3 Å². The second kappa shape index (κ2) is 6.26. The lowest BCUT2D eigenvalue weighted by Gasteiger charge is -2.36. The third-order valence-corrected chi connectivity index (χ3v) is 6.38. The van der Waals surface area contributed by atoms with Gasteiger partial charge in [0.2, 0.25) is 0 Å². The second-order valence-electron chi connectivity index (χ2n) is 7.09. The molecule has 1 fully saturated rings. The minimum absolute atomic E-state index is 0.170. The number of para-hydroxylation sites is 1. The summed E-state index contributed by atoms with van der Waals surface area (Å²) >= 11 is 13.1. The fourth-order valence-electron chi connectivity index (χ4n) is 4.49. The Morgan fingerprint density at radius 3 is 2.50 bits per heavy atom. The van der Waals surface area contributed by atoms with E-state index in [1.54, 1.807) is 30.0 Å². The molecule has 5 rings (SSSR count). The molecule has 1 N–H and O–H groups in total. The van der Waals surface area contributed by atoms with E-state index in [1.807, 2.05) is 24.3 Å². The maximum Gasteiger partial charge on any atom is 0.328 e. The van der Waals surface area contributed by atoms with Gasteiger partial charge in [-0.15, -0.1) is 0 Å². The summed E-state index contributed by atoms with van der Waals surface area (Å²) in [5.41, 5.74) is 3.51. The average molecular weight is 414 g/mol. The van der Waals surface area contributed by atoms with Crippen LogP contribution >= 0.6 is 23.2 Å². The molecule has 2 aliphatic rings. The van der Waals surface area contributed by atoms with Crippen molar-refractivity contribution in [1.82, 2.24) is 14.8 Å². The number of fused-ring (bicyclic) bond motifs is 4. The zero-order valence-electron chi connectivity index (χ0n) is 15.1. The van der Waals surface area contributed by atoms with E-state index < -0.39 is 12.1 Å². The fourth-order valence-corrected chi connectivity index (χ4v) is 5.10. The van der Waals surface area contributed by atoms with Crippen LogP contribution in [0.5, 0.6) is 0 Å². The predicted molar refractivity (Wildman–Crippen MR) is 109 cm³/mol. The van der Waals surface area contributed by atoms with Crippen molar-refractivity contribution in [2.45, 2.75) is 25.4 Å². The highest BCUT2D eigenvalue weighted by Gasteiger charge is 2.52. The molecule has 1 aromatic heterocycles. The number of benzene rings is 2. The molecule has 3 heterocycles. The van der Waals surface area contributed by atoms with E-state index in [0.29, 0.717) is 28.6 Å². The second-order valence-corrected chi connectivity index (χ2v) is 7.91. The van der Waals surface area contributed by atoms with E-state index in [0.717, 1.165) is 22.2 Å². The summed E-state index contributed by atoms with van der Waals surface area (Å²) in [6.45, 7) is 2.14. The molecule has 0 aliphatic carbocycles. The number of carbonyl (C=O) groups excluding carboxylic acids is 2. The van der Waals surface area contributed by atoms with Crippen molar-refractivity contribution in [1.29, 1.82) is 0 Å². The number of carbonyl (C=O) groups is 2. The number of nitrogens with zero attached hydrogens (tertiary/aromatic N) is 2. The van der Waals surface area contributed by atoms with Crippen molar-refractivity contribution in [2.24, 2.45) is 0 Å². The molecule has 2 aliphatic heterocycles. The van der Waals surface area contributed by atoms with Gasteiger partial charge in [-0.05, 0) is 30.7 Å². The van der Waals surface area contributed by atoms with Gasteiger partial charge in [-0.3, -0.25) is 14.6 Å². The van der Waals surface area contributed by atoms with Crippen molar-refractivity contribution in [2.75, 3.05) is 6.54 Å². The summed E-state index contributed by atoms with van der Waals surface area (Å²) in [4.78, 5) is 32.5. The highest BCUT2D eigenvalue weighted by atomic mass is 35.5. The Labute approximate surface area is 171 Å². The van der Waals surface area contributed by atoms with Crippen LogP contribution in [0.4, 0.5) is 4.79 Å². The minimum atomic E-state index is -0.559. The number of urea groups is 1. The molecule has 0 bridgehead atoms. The van der Waals surface area contributed by atoms with Gasteiger partial charge in [0.15, 0.2) is 0 Å². The van der Waals surface area contributed by atoms with Crippen LogP contribution in [0.25, 0.3) is 10.9 Å². The molecule has 2 aromatic carbocycles. The molecule has 7 heteroatoms. The first-order chi connectivity index (χ1) is 13.5. The van der Waals surface area contributed by atoms with Gasteiger partial charge in [0.05, 0.1) is 0 Å². The summed E-state index contributed by atoms with van der Waals surface area (Å²) in [5.74, 6) is -0.170. The summed E-state index contributed by atoms with van der Waals surface area (Å²) in [7, 11) is 0. The zero-order chi connectivity index (χ0) is 19.6. The molecule has 2 atom stereocenters. The van der Waals surface area contributed by atoms with Crippen molar-refractivity contribution < 1.29 is 9.59 Å². The molecule has 3 aromatic rings. The lowest BCUT2D eigenvalue weighted by atomic mass is 9.89. The zero-order valence-corrected chi connectivity index (χ0v) is 16.6. The number of rotatable bonds is 2.